The number of hydrogen-bond acceptors (Lipinski definition) is 17. The highest BCUT2D eigenvalue weighted by molar-refractivity contribution is 5.92. The molecule has 0 N–H and O–H groups in total. The van der Waals surface area contributed by atoms with E-state index in [1.54, 1.807) is 0 Å². The minimum atomic E-state index is -2.50. The van der Waals surface area contributed by atoms with Crippen LogP contribution in [0.4, 0.5) is 0 Å². The number of esters is 8. The Labute approximate surface area is 445 Å². The van der Waals surface area contributed by atoms with E-state index >= 15 is 0 Å². The van der Waals surface area contributed by atoms with Crippen molar-refractivity contribution in [3.63, 3.8) is 0 Å². The largest absolute Gasteiger partial charge is 0.466 e. The van der Waals surface area contributed by atoms with Gasteiger partial charge in [-0.25, -0.2) is 4.79 Å². The van der Waals surface area contributed by atoms with Gasteiger partial charge in [-0.3, -0.25) is 33.6 Å². The number of ether oxygens (including phenoxy) is 8. The fourth-order valence-corrected chi connectivity index (χ4v) is 7.69. The fourth-order valence-electron chi connectivity index (χ4n) is 7.69. The first-order valence-corrected chi connectivity index (χ1v) is 28.8. The van der Waals surface area contributed by atoms with Gasteiger partial charge in [0.25, 0.3) is 0 Å². The van der Waals surface area contributed by atoms with Gasteiger partial charge in [0.05, 0.1) is 65.3 Å². The quantitative estimate of drug-likeness (QED) is 0.0315. The third kappa shape index (κ3) is 44.1. The lowest BCUT2D eigenvalue weighted by Gasteiger charge is -2.30. The van der Waals surface area contributed by atoms with Gasteiger partial charge in [-0.15, -0.1) is 0 Å². The van der Waals surface area contributed by atoms with Crippen molar-refractivity contribution in [3.05, 3.63) is 0 Å². The van der Waals surface area contributed by atoms with E-state index in [-0.39, 0.29) is 64.2 Å². The van der Waals surface area contributed by atoms with Gasteiger partial charge >= 0.3 is 47.8 Å². The van der Waals surface area contributed by atoms with E-state index < -0.39 is 61.1 Å². The highest BCUT2D eigenvalue weighted by Crippen LogP contribution is 2.27. The third-order valence-corrected chi connectivity index (χ3v) is 12.2. The van der Waals surface area contributed by atoms with Crippen LogP contribution in [0.15, 0.2) is 0 Å². The lowest BCUT2D eigenvalue weighted by molar-refractivity contribution is -0.192. The summed E-state index contributed by atoms with van der Waals surface area (Å²) in [6.45, 7) is 7.41. The number of nitrogens with zero attached hydrogens (tertiary/aromatic N) is 1. The van der Waals surface area contributed by atoms with Crippen LogP contribution in [0.2, 0.25) is 0 Å². The molecule has 0 spiro atoms. The Morgan fingerprint density at radius 3 is 0.919 bits per heavy atom. The molecular weight excluding hydrogens is 955 g/mol. The molecule has 430 valence electrons. The van der Waals surface area contributed by atoms with Crippen LogP contribution in [0, 0.1) is 0 Å². The Balaban J connectivity index is 5.65. The molecule has 0 saturated heterocycles. The second-order valence-corrected chi connectivity index (χ2v) is 19.7. The molecule has 0 fully saturated rings. The average Bonchev–Trinajstić information content (AvgIpc) is 3.36. The van der Waals surface area contributed by atoms with Gasteiger partial charge in [-0.05, 0) is 91.1 Å². The molecule has 0 rings (SSSR count). The molecule has 0 radical (unpaired) electrons. The van der Waals surface area contributed by atoms with Crippen LogP contribution in [0.1, 0.15) is 245 Å². The van der Waals surface area contributed by atoms with E-state index in [9.17, 15) is 38.4 Å². The lowest BCUT2D eigenvalue weighted by Crippen LogP contribution is -2.49. The Morgan fingerprint density at radius 2 is 0.568 bits per heavy atom. The van der Waals surface area contributed by atoms with Crippen LogP contribution >= 0.6 is 0 Å². The van der Waals surface area contributed by atoms with Gasteiger partial charge in [0, 0.05) is 25.8 Å². The summed E-state index contributed by atoms with van der Waals surface area (Å²) in [5.74, 6) is -5.52. The number of hydrogen-bond donors (Lipinski definition) is 0. The summed E-state index contributed by atoms with van der Waals surface area (Å²) in [6, 6.07) is 0. The first kappa shape index (κ1) is 69.7. The molecule has 0 saturated carbocycles. The zero-order valence-electron chi connectivity index (χ0n) is 46.9. The SMILES string of the molecule is CCCCCCCCCC(=O)OCCCCCOC(=O)CC(CC(=O)OCCCCCOC(=O)CCCCCCCC)(OC(=O)CCC(=O)OCCN(C)C)C(=O)OCCCCCOC(=O)CCCCCCCC. The number of carbonyl (C=O) groups is 8. The second kappa shape index (κ2) is 49.6. The zero-order chi connectivity index (χ0) is 54.8. The van der Waals surface area contributed by atoms with E-state index in [1.807, 2.05) is 19.0 Å². The van der Waals surface area contributed by atoms with E-state index in [4.69, 9.17) is 37.9 Å². The standard InChI is InChI=1S/C57H101NO16/c1-6-9-12-15-18-21-27-36-51(61)68-41-29-23-32-44-71-55(65)48-57(74-53(63)38-37-52(62)72-46-39-58(4)5,56(66)73-45-33-24-30-42-69-50(60)35-26-20-17-14-11-8-3)47-54(64)70-43-31-22-28-40-67-49(59)34-25-19-16-13-10-7-2/h6-48H2,1-5H3. The zero-order valence-corrected chi connectivity index (χ0v) is 46.9. The van der Waals surface area contributed by atoms with Crippen molar-refractivity contribution in [3.8, 4) is 0 Å². The van der Waals surface area contributed by atoms with Crippen LogP contribution in [0.25, 0.3) is 0 Å². The Kier molecular flexibility index (Phi) is 46.7. The maximum Gasteiger partial charge on any atom is 0.351 e. The van der Waals surface area contributed by atoms with Gasteiger partial charge in [0.2, 0.25) is 5.60 Å². The molecule has 0 aromatic carbocycles. The third-order valence-electron chi connectivity index (χ3n) is 12.2. The van der Waals surface area contributed by atoms with Crippen LogP contribution in [0.5, 0.6) is 0 Å². The molecule has 0 aromatic rings. The summed E-state index contributed by atoms with van der Waals surface area (Å²) in [4.78, 5) is 105. The van der Waals surface area contributed by atoms with Crippen molar-refractivity contribution >= 4 is 47.8 Å². The van der Waals surface area contributed by atoms with E-state index in [1.165, 1.54) is 44.9 Å². The molecule has 17 heteroatoms. The summed E-state index contributed by atoms with van der Waals surface area (Å²) >= 11 is 0. The molecule has 0 bridgehead atoms. The molecule has 0 aliphatic heterocycles. The van der Waals surface area contributed by atoms with Gasteiger partial charge in [-0.1, -0.05) is 124 Å². The predicted molar refractivity (Wildman–Crippen MR) is 283 cm³/mol. The number of likely N-dealkylation sites (N-methyl/N-ethyl adjacent to an activating group) is 1. The average molecular weight is 1060 g/mol. The Morgan fingerprint density at radius 1 is 0.297 bits per heavy atom. The second-order valence-electron chi connectivity index (χ2n) is 19.7. The van der Waals surface area contributed by atoms with Crippen molar-refractivity contribution in [1.29, 1.82) is 0 Å². The van der Waals surface area contributed by atoms with Crippen molar-refractivity contribution in [2.45, 2.75) is 251 Å². The molecule has 0 aliphatic rings. The topological polar surface area (TPSA) is 214 Å². The maximum absolute atomic E-state index is 14.1. The van der Waals surface area contributed by atoms with Gasteiger partial charge < -0.3 is 42.8 Å². The molecule has 1 atom stereocenters. The maximum atomic E-state index is 14.1. The number of rotatable bonds is 52. The van der Waals surface area contributed by atoms with Crippen molar-refractivity contribution < 1.29 is 76.3 Å². The van der Waals surface area contributed by atoms with E-state index in [0.717, 1.165) is 77.0 Å². The van der Waals surface area contributed by atoms with Crippen LogP contribution in [-0.2, 0) is 76.3 Å². The van der Waals surface area contributed by atoms with Crippen molar-refractivity contribution in [2.24, 2.45) is 0 Å². The minimum Gasteiger partial charge on any atom is -0.466 e. The Bertz CT molecular complexity index is 1490. The monoisotopic (exact) mass is 1060 g/mol. The summed E-state index contributed by atoms with van der Waals surface area (Å²) in [5, 5.41) is 0. The summed E-state index contributed by atoms with van der Waals surface area (Å²) in [5.41, 5.74) is -2.50. The number of unbranched alkanes of at least 4 members (excludes halogenated alkanes) is 22. The summed E-state index contributed by atoms with van der Waals surface area (Å²) in [7, 11) is 3.62. The van der Waals surface area contributed by atoms with Crippen molar-refractivity contribution in [2.75, 3.05) is 66.9 Å². The van der Waals surface area contributed by atoms with Crippen LogP contribution < -0.4 is 0 Å². The van der Waals surface area contributed by atoms with Gasteiger partial charge in [0.15, 0.2) is 0 Å². The smallest absolute Gasteiger partial charge is 0.351 e. The molecule has 74 heavy (non-hydrogen) atoms. The van der Waals surface area contributed by atoms with Gasteiger partial charge in [-0.2, -0.15) is 0 Å². The molecule has 0 amide bonds. The predicted octanol–water partition coefficient (Wildman–Crippen LogP) is 11.3. The first-order valence-electron chi connectivity index (χ1n) is 28.8. The van der Waals surface area contributed by atoms with Crippen LogP contribution in [-0.4, -0.2) is 125 Å². The molecular formula is C57H101NO16. The highest BCUT2D eigenvalue weighted by atomic mass is 16.6. The number of carbonyl (C=O) groups excluding carboxylic acids is 8. The highest BCUT2D eigenvalue weighted by Gasteiger charge is 2.49. The lowest BCUT2D eigenvalue weighted by atomic mass is 9.94. The normalized spacial score (nSPS) is 11.9. The molecule has 17 nitrogen and oxygen atoms in total. The van der Waals surface area contributed by atoms with Gasteiger partial charge in [0.1, 0.15) is 6.61 Å². The molecule has 1 unspecified atom stereocenters. The minimum absolute atomic E-state index is 0.0645. The van der Waals surface area contributed by atoms with Crippen molar-refractivity contribution in [1.82, 2.24) is 4.90 Å². The summed E-state index contributed by atoms with van der Waals surface area (Å²) in [6.07, 6.45) is 23.3. The molecule has 0 aliphatic carbocycles. The first-order chi connectivity index (χ1) is 35.8. The Hall–Kier alpha value is -4.28. The molecule has 0 aromatic heterocycles. The van der Waals surface area contributed by atoms with E-state index in [0.29, 0.717) is 83.6 Å². The van der Waals surface area contributed by atoms with Crippen LogP contribution in [0.3, 0.4) is 0 Å². The fraction of sp³-hybridized carbons (Fsp3) is 0.860. The summed E-state index contributed by atoms with van der Waals surface area (Å²) < 4.78 is 43.5. The van der Waals surface area contributed by atoms with E-state index in [2.05, 4.69) is 20.8 Å². The molecule has 0 heterocycles.